The van der Waals surface area contributed by atoms with E-state index < -0.39 is 16.1 Å². The van der Waals surface area contributed by atoms with Gasteiger partial charge in [0.15, 0.2) is 0 Å². The van der Waals surface area contributed by atoms with Gasteiger partial charge in [-0.2, -0.15) is 8.42 Å². The second-order valence-electron chi connectivity index (χ2n) is 5.53. The summed E-state index contributed by atoms with van der Waals surface area (Å²) in [5.41, 5.74) is 1.74. The molecule has 0 atom stereocenters. The van der Waals surface area contributed by atoms with Crippen molar-refractivity contribution in [1.82, 2.24) is 9.71 Å². The highest BCUT2D eigenvalue weighted by Gasteiger charge is 2.35. The summed E-state index contributed by atoms with van der Waals surface area (Å²) in [6, 6.07) is 10.2. The monoisotopic (exact) mass is 363 g/mol. The Morgan fingerprint density at radius 2 is 2.08 bits per heavy atom. The molecule has 0 unspecified atom stereocenters. The van der Waals surface area contributed by atoms with Gasteiger partial charge in [-0.05, 0) is 36.6 Å². The van der Waals surface area contributed by atoms with Gasteiger partial charge in [0.25, 0.3) is 5.91 Å². The van der Waals surface area contributed by atoms with Gasteiger partial charge in [-0.1, -0.05) is 12.1 Å². The molecule has 8 nitrogen and oxygen atoms in total. The van der Waals surface area contributed by atoms with Crippen LogP contribution in [0, 0.1) is 0 Å². The lowest BCUT2D eigenvalue weighted by atomic mass is 10.1. The van der Waals surface area contributed by atoms with Crippen LogP contribution < -0.4 is 13.8 Å². The van der Waals surface area contributed by atoms with Crippen molar-refractivity contribution < 1.29 is 23.1 Å². The zero-order valence-electron chi connectivity index (χ0n) is 13.5. The number of benzene rings is 1. The first-order chi connectivity index (χ1) is 11.9. The first-order valence-corrected chi connectivity index (χ1v) is 8.98. The number of phenolic OH excluding ortho intramolecular Hbond substituents is 1. The second kappa shape index (κ2) is 6.60. The lowest BCUT2D eigenvalue weighted by Gasteiger charge is -2.16. The fraction of sp³-hybridized carbons (Fsp3) is 0.250. The van der Waals surface area contributed by atoms with E-state index in [4.69, 9.17) is 4.74 Å². The summed E-state index contributed by atoms with van der Waals surface area (Å²) in [6.45, 7) is -0.344. The van der Waals surface area contributed by atoms with Crippen LogP contribution in [0.15, 0.2) is 36.4 Å². The minimum absolute atomic E-state index is 0.0709. The molecule has 9 heteroatoms. The number of aryl methyl sites for hydroxylation is 2. The number of phenols is 1. The Labute approximate surface area is 145 Å². The Kier molecular flexibility index (Phi) is 4.49. The van der Waals surface area contributed by atoms with Crippen molar-refractivity contribution in [3.05, 3.63) is 47.7 Å². The van der Waals surface area contributed by atoms with Crippen LogP contribution in [0.1, 0.15) is 11.3 Å². The van der Waals surface area contributed by atoms with Gasteiger partial charge < -0.3 is 9.84 Å². The Bertz CT molecular complexity index is 914. The van der Waals surface area contributed by atoms with Crippen molar-refractivity contribution in [2.24, 2.45) is 0 Å². The molecule has 0 bridgehead atoms. The van der Waals surface area contributed by atoms with E-state index in [2.05, 4.69) is 4.98 Å². The highest BCUT2D eigenvalue weighted by molar-refractivity contribution is 7.92. The normalized spacial score (nSPS) is 15.9. The number of carbonyl (C=O) groups excluding carboxylic acids is 1. The average molecular weight is 363 g/mol. The van der Waals surface area contributed by atoms with Gasteiger partial charge in [-0.3, -0.25) is 4.79 Å². The van der Waals surface area contributed by atoms with Crippen LogP contribution in [0.4, 0.5) is 5.69 Å². The molecule has 1 amide bonds. The molecule has 1 saturated heterocycles. The maximum atomic E-state index is 11.8. The molecule has 1 fully saturated rings. The maximum absolute atomic E-state index is 11.8. The quantitative estimate of drug-likeness (QED) is 0.812. The number of nitrogens with zero attached hydrogens (tertiary/aromatic N) is 2. The number of anilines is 1. The summed E-state index contributed by atoms with van der Waals surface area (Å²) in [7, 11) is -2.39. The minimum Gasteiger partial charge on any atom is -0.506 e. The molecule has 132 valence electrons. The van der Waals surface area contributed by atoms with Crippen LogP contribution in [0.2, 0.25) is 0 Å². The van der Waals surface area contributed by atoms with Crippen molar-refractivity contribution in [2.45, 2.75) is 12.8 Å². The van der Waals surface area contributed by atoms with E-state index in [0.717, 1.165) is 15.6 Å². The second-order valence-corrected chi connectivity index (χ2v) is 7.13. The molecule has 2 heterocycles. The predicted octanol–water partition coefficient (Wildman–Crippen LogP) is 0.762. The fourth-order valence-electron chi connectivity index (χ4n) is 2.58. The maximum Gasteiger partial charge on any atom is 0.326 e. The van der Waals surface area contributed by atoms with Gasteiger partial charge in [0, 0.05) is 11.8 Å². The lowest BCUT2D eigenvalue weighted by molar-refractivity contribution is -0.117. The molecule has 3 rings (SSSR count). The molecule has 1 aromatic heterocycles. The van der Waals surface area contributed by atoms with Crippen molar-refractivity contribution in [1.29, 1.82) is 0 Å². The number of aromatic hydroxyl groups is 1. The number of hydrogen-bond acceptors (Lipinski definition) is 6. The molecule has 1 aromatic carbocycles. The molecule has 0 radical (unpaired) electrons. The molecule has 2 aromatic rings. The van der Waals surface area contributed by atoms with Crippen molar-refractivity contribution in [2.75, 3.05) is 18.0 Å². The topological polar surface area (TPSA) is 109 Å². The van der Waals surface area contributed by atoms with E-state index >= 15 is 0 Å². The summed E-state index contributed by atoms with van der Waals surface area (Å²) >= 11 is 0. The molecule has 0 aliphatic carbocycles. The van der Waals surface area contributed by atoms with E-state index in [1.54, 1.807) is 19.2 Å². The molecular weight excluding hydrogens is 346 g/mol. The molecule has 25 heavy (non-hydrogen) atoms. The number of methoxy groups -OCH3 is 1. The van der Waals surface area contributed by atoms with Gasteiger partial charge in [0.2, 0.25) is 5.88 Å². The number of nitrogens with one attached hydrogen (secondary N) is 1. The van der Waals surface area contributed by atoms with Gasteiger partial charge >= 0.3 is 10.2 Å². The summed E-state index contributed by atoms with van der Waals surface area (Å²) in [6.07, 6.45) is 1.25. The van der Waals surface area contributed by atoms with E-state index in [-0.39, 0.29) is 18.0 Å². The fourth-order valence-corrected chi connectivity index (χ4v) is 3.74. The molecular formula is C16H17N3O5S. The number of rotatable bonds is 5. The smallest absolute Gasteiger partial charge is 0.326 e. The number of hydrogen-bond donors (Lipinski definition) is 2. The molecule has 1 aliphatic rings. The standard InChI is InChI=1S/C16H17N3O5S/c1-24-16-4-2-3-12(17-16)7-5-11-6-8-13(14(20)9-11)19-10-15(21)18-25(19,22)23/h2-4,6,8-9,20H,5,7,10H2,1H3,(H,18,21). The Morgan fingerprint density at radius 3 is 2.72 bits per heavy atom. The minimum atomic E-state index is -3.94. The van der Waals surface area contributed by atoms with Crippen molar-refractivity contribution in [3.8, 4) is 11.6 Å². The van der Waals surface area contributed by atoms with Crippen LogP contribution in [0.5, 0.6) is 11.6 Å². The lowest BCUT2D eigenvalue weighted by Crippen LogP contribution is -2.29. The van der Waals surface area contributed by atoms with E-state index in [1.165, 1.54) is 12.1 Å². The van der Waals surface area contributed by atoms with E-state index in [9.17, 15) is 18.3 Å². The van der Waals surface area contributed by atoms with Gasteiger partial charge in [0.1, 0.15) is 12.3 Å². The number of ether oxygens (including phenoxy) is 1. The van der Waals surface area contributed by atoms with Crippen molar-refractivity contribution >= 4 is 21.8 Å². The largest absolute Gasteiger partial charge is 0.506 e. The number of amides is 1. The van der Waals surface area contributed by atoms with Gasteiger partial charge in [0.05, 0.1) is 12.8 Å². The third kappa shape index (κ3) is 3.66. The predicted molar refractivity (Wildman–Crippen MR) is 90.7 cm³/mol. The van der Waals surface area contributed by atoms with Crippen LogP contribution in [0.25, 0.3) is 0 Å². The summed E-state index contributed by atoms with van der Waals surface area (Å²) < 4.78 is 31.5. The summed E-state index contributed by atoms with van der Waals surface area (Å²) in [5, 5.41) is 10.2. The summed E-state index contributed by atoms with van der Waals surface area (Å²) in [5.74, 6) is -0.296. The van der Waals surface area contributed by atoms with Gasteiger partial charge in [-0.25, -0.2) is 14.0 Å². The zero-order chi connectivity index (χ0) is 18.0. The van der Waals surface area contributed by atoms with E-state index in [1.807, 2.05) is 16.9 Å². The Morgan fingerprint density at radius 1 is 1.28 bits per heavy atom. The van der Waals surface area contributed by atoms with Crippen molar-refractivity contribution in [3.63, 3.8) is 0 Å². The zero-order valence-corrected chi connectivity index (χ0v) is 14.3. The molecule has 2 N–H and O–H groups in total. The van der Waals surface area contributed by atoms with Crippen LogP contribution in [0.3, 0.4) is 0 Å². The molecule has 1 aliphatic heterocycles. The first-order valence-electron chi connectivity index (χ1n) is 7.54. The van der Waals surface area contributed by atoms with Crippen LogP contribution in [-0.2, 0) is 27.8 Å². The average Bonchev–Trinajstić information content (AvgIpc) is 2.85. The third-order valence-electron chi connectivity index (χ3n) is 3.79. The summed E-state index contributed by atoms with van der Waals surface area (Å²) in [4.78, 5) is 15.6. The van der Waals surface area contributed by atoms with Crippen LogP contribution in [-0.4, -0.2) is 38.1 Å². The molecule has 0 spiro atoms. The Balaban J connectivity index is 1.75. The highest BCUT2D eigenvalue weighted by Crippen LogP contribution is 2.31. The SMILES string of the molecule is COc1cccc(CCc2ccc(N3CC(=O)NS3(=O)=O)c(O)c2)n1. The first kappa shape index (κ1) is 17.0. The number of pyridine rings is 1. The molecule has 0 saturated carbocycles. The van der Waals surface area contributed by atoms with Crippen LogP contribution >= 0.6 is 0 Å². The Hall–Kier alpha value is -2.81. The highest BCUT2D eigenvalue weighted by atomic mass is 32.2. The van der Waals surface area contributed by atoms with E-state index in [0.29, 0.717) is 18.7 Å². The number of carbonyl (C=O) groups is 1. The van der Waals surface area contributed by atoms with Gasteiger partial charge in [-0.15, -0.1) is 0 Å². The third-order valence-corrected chi connectivity index (χ3v) is 5.18. The number of aromatic nitrogens is 1.